The van der Waals surface area contributed by atoms with E-state index in [-0.39, 0.29) is 28.7 Å². The van der Waals surface area contributed by atoms with Crippen molar-refractivity contribution in [2.75, 3.05) is 6.61 Å². The Morgan fingerprint density at radius 3 is 2.57 bits per heavy atom. The zero-order chi connectivity index (χ0) is 20.3. The van der Waals surface area contributed by atoms with Gasteiger partial charge in [-0.2, -0.15) is 0 Å². The summed E-state index contributed by atoms with van der Waals surface area (Å²) in [6.45, 7) is 3.65. The summed E-state index contributed by atoms with van der Waals surface area (Å²) in [6, 6.07) is 10.6. The van der Waals surface area contributed by atoms with Crippen molar-refractivity contribution in [3.63, 3.8) is 0 Å². The van der Waals surface area contributed by atoms with E-state index in [4.69, 9.17) is 4.74 Å². The first-order valence-electron chi connectivity index (χ1n) is 8.53. The molecule has 0 amide bonds. The molecular formula is C21H18FNO4S. The van der Waals surface area contributed by atoms with Crippen molar-refractivity contribution in [1.29, 1.82) is 0 Å². The van der Waals surface area contributed by atoms with Crippen molar-refractivity contribution in [2.45, 2.75) is 13.8 Å². The molecule has 0 bridgehead atoms. The molecule has 0 saturated carbocycles. The highest BCUT2D eigenvalue weighted by molar-refractivity contribution is 8.18. The molecule has 3 rings (SSSR count). The number of aryl methyl sites for hydroxylation is 1. The quantitative estimate of drug-likeness (QED) is 0.705. The van der Waals surface area contributed by atoms with Crippen LogP contribution in [0.15, 0.2) is 63.7 Å². The Balaban J connectivity index is 2.05. The molecule has 0 radical (unpaired) electrons. The Hall–Kier alpha value is -3.06. The summed E-state index contributed by atoms with van der Waals surface area (Å²) < 4.78 is 18.2. The number of phenols is 1. The lowest BCUT2D eigenvalue weighted by Crippen LogP contribution is -2.12. The molecule has 0 fully saturated rings. The van der Waals surface area contributed by atoms with Gasteiger partial charge in [0.15, 0.2) is 0 Å². The fourth-order valence-corrected chi connectivity index (χ4v) is 3.57. The van der Waals surface area contributed by atoms with Crippen LogP contribution < -0.4 is 0 Å². The van der Waals surface area contributed by atoms with Crippen molar-refractivity contribution >= 4 is 34.5 Å². The Labute approximate surface area is 165 Å². The minimum absolute atomic E-state index is 0.0579. The maximum Gasteiger partial charge on any atom is 0.344 e. The molecule has 0 saturated heterocycles. The molecule has 1 aliphatic rings. The van der Waals surface area contributed by atoms with E-state index in [1.807, 2.05) is 13.0 Å². The number of benzene rings is 2. The molecule has 0 atom stereocenters. The number of aliphatic hydroxyl groups excluding tert-OH is 1. The summed E-state index contributed by atoms with van der Waals surface area (Å²) in [5.41, 5.74) is 1.75. The third-order valence-electron chi connectivity index (χ3n) is 3.90. The molecule has 5 nitrogen and oxygen atoms in total. The molecule has 144 valence electrons. The minimum Gasteiger partial charge on any atom is -0.507 e. The molecule has 0 unspecified atom stereocenters. The van der Waals surface area contributed by atoms with Crippen LogP contribution in [0, 0.1) is 12.7 Å². The van der Waals surface area contributed by atoms with Crippen LogP contribution in [0.2, 0.25) is 0 Å². The van der Waals surface area contributed by atoms with Gasteiger partial charge in [-0.05, 0) is 55.8 Å². The molecule has 1 aliphatic heterocycles. The van der Waals surface area contributed by atoms with Gasteiger partial charge in [0, 0.05) is 5.56 Å². The monoisotopic (exact) mass is 399 g/mol. The second-order valence-electron chi connectivity index (χ2n) is 6.01. The highest BCUT2D eigenvalue weighted by Crippen LogP contribution is 2.41. The number of thioether (sulfide) groups is 1. The van der Waals surface area contributed by atoms with Gasteiger partial charge in [-0.15, -0.1) is 0 Å². The standard InChI is InChI=1S/C21H18FNO4S/c1-3-27-21(26)18-19(25)17(11-13-5-4-12(2)10-16(13)24)28-20(18)23-15-8-6-14(22)7-9-15/h4-11,24-25H,3H2,1-2H3/b17-11+,23-20?. The Morgan fingerprint density at radius 1 is 1.21 bits per heavy atom. The third-order valence-corrected chi connectivity index (χ3v) is 4.92. The van der Waals surface area contributed by atoms with Crippen LogP contribution in [0.4, 0.5) is 10.1 Å². The summed E-state index contributed by atoms with van der Waals surface area (Å²) in [5, 5.41) is 21.0. The molecular weight excluding hydrogens is 381 g/mol. The van der Waals surface area contributed by atoms with Crippen LogP contribution in [0.5, 0.6) is 5.75 Å². The number of esters is 1. The fourth-order valence-electron chi connectivity index (χ4n) is 2.54. The lowest BCUT2D eigenvalue weighted by molar-refractivity contribution is -0.138. The maximum atomic E-state index is 13.1. The lowest BCUT2D eigenvalue weighted by Gasteiger charge is -2.03. The molecule has 2 aromatic rings. The molecule has 0 aliphatic carbocycles. The number of rotatable bonds is 4. The van der Waals surface area contributed by atoms with Crippen molar-refractivity contribution in [2.24, 2.45) is 4.99 Å². The van der Waals surface area contributed by atoms with Gasteiger partial charge >= 0.3 is 5.97 Å². The van der Waals surface area contributed by atoms with Gasteiger partial charge in [0.2, 0.25) is 0 Å². The van der Waals surface area contributed by atoms with Gasteiger partial charge in [-0.1, -0.05) is 23.9 Å². The Morgan fingerprint density at radius 2 is 1.93 bits per heavy atom. The Bertz CT molecular complexity index is 1010. The minimum atomic E-state index is -0.704. The molecule has 1 heterocycles. The molecule has 2 aromatic carbocycles. The largest absolute Gasteiger partial charge is 0.507 e. The number of hydrogen-bond acceptors (Lipinski definition) is 6. The number of hydrogen-bond donors (Lipinski definition) is 2. The van der Waals surface area contributed by atoms with Crippen LogP contribution in [0.25, 0.3) is 6.08 Å². The van der Waals surface area contributed by atoms with Crippen LogP contribution in [0.3, 0.4) is 0 Å². The van der Waals surface area contributed by atoms with Gasteiger partial charge in [-0.25, -0.2) is 14.2 Å². The van der Waals surface area contributed by atoms with E-state index in [0.29, 0.717) is 16.2 Å². The van der Waals surface area contributed by atoms with Crippen LogP contribution in [-0.4, -0.2) is 27.8 Å². The molecule has 0 spiro atoms. The van der Waals surface area contributed by atoms with Gasteiger partial charge in [0.05, 0.1) is 17.2 Å². The summed E-state index contributed by atoms with van der Waals surface area (Å²) in [5.74, 6) is -1.32. The van der Waals surface area contributed by atoms with Crippen molar-refractivity contribution in [1.82, 2.24) is 0 Å². The van der Waals surface area contributed by atoms with Gasteiger partial charge in [0.1, 0.15) is 27.9 Å². The molecule has 2 N–H and O–H groups in total. The highest BCUT2D eigenvalue weighted by Gasteiger charge is 2.33. The van der Waals surface area contributed by atoms with Crippen molar-refractivity contribution in [3.8, 4) is 5.75 Å². The summed E-state index contributed by atoms with van der Waals surface area (Å²) in [4.78, 5) is 17.1. The number of aliphatic hydroxyl groups is 1. The SMILES string of the molecule is CCOC(=O)C1=C(O)/C(=C\c2ccc(C)cc2O)SC1=Nc1ccc(F)cc1. The Kier molecular flexibility index (Phi) is 5.84. The average molecular weight is 399 g/mol. The van der Waals surface area contributed by atoms with E-state index < -0.39 is 11.8 Å². The first-order valence-corrected chi connectivity index (χ1v) is 9.35. The van der Waals surface area contributed by atoms with Crippen LogP contribution in [0.1, 0.15) is 18.1 Å². The summed E-state index contributed by atoms with van der Waals surface area (Å²) in [7, 11) is 0. The first-order chi connectivity index (χ1) is 13.4. The predicted octanol–water partition coefficient (Wildman–Crippen LogP) is 5.03. The number of aromatic hydroxyl groups is 1. The normalized spacial score (nSPS) is 16.8. The van der Waals surface area contributed by atoms with Gasteiger partial charge in [0.25, 0.3) is 0 Å². The van der Waals surface area contributed by atoms with Crippen molar-refractivity contribution < 1.29 is 24.1 Å². The van der Waals surface area contributed by atoms with Crippen LogP contribution >= 0.6 is 11.8 Å². The third kappa shape index (κ3) is 4.26. The van der Waals surface area contributed by atoms with Crippen LogP contribution in [-0.2, 0) is 9.53 Å². The summed E-state index contributed by atoms with van der Waals surface area (Å²) in [6.07, 6.45) is 1.57. The number of halogens is 1. The zero-order valence-electron chi connectivity index (χ0n) is 15.3. The van der Waals surface area contributed by atoms with E-state index in [1.54, 1.807) is 25.1 Å². The van der Waals surface area contributed by atoms with E-state index in [1.165, 1.54) is 24.3 Å². The molecule has 7 heteroatoms. The van der Waals surface area contributed by atoms with E-state index in [2.05, 4.69) is 4.99 Å². The number of phenolic OH excluding ortho intramolecular Hbond substituents is 1. The number of carbonyl (C=O) groups is 1. The number of ether oxygens (including phenoxy) is 1. The van der Waals surface area contributed by atoms with Gasteiger partial charge in [-0.3, -0.25) is 0 Å². The predicted molar refractivity (Wildman–Crippen MR) is 108 cm³/mol. The molecule has 0 aromatic heterocycles. The first kappa shape index (κ1) is 19.7. The van der Waals surface area contributed by atoms with E-state index >= 15 is 0 Å². The number of carbonyl (C=O) groups excluding carboxylic acids is 1. The fraction of sp³-hybridized carbons (Fsp3) is 0.143. The lowest BCUT2D eigenvalue weighted by atomic mass is 10.1. The average Bonchev–Trinajstić information content (AvgIpc) is 2.95. The second kappa shape index (κ2) is 8.31. The topological polar surface area (TPSA) is 79.1 Å². The highest BCUT2D eigenvalue weighted by atomic mass is 32.2. The van der Waals surface area contributed by atoms with E-state index in [0.717, 1.165) is 17.3 Å². The molecule has 28 heavy (non-hydrogen) atoms. The second-order valence-corrected chi connectivity index (χ2v) is 7.04. The van der Waals surface area contributed by atoms with E-state index in [9.17, 15) is 19.4 Å². The number of nitrogens with zero attached hydrogens (tertiary/aromatic N) is 1. The number of aliphatic imine (C=N–C) groups is 1. The van der Waals surface area contributed by atoms with Crippen molar-refractivity contribution in [3.05, 3.63) is 75.6 Å². The summed E-state index contributed by atoms with van der Waals surface area (Å²) >= 11 is 1.07. The maximum absolute atomic E-state index is 13.1. The smallest absolute Gasteiger partial charge is 0.344 e. The van der Waals surface area contributed by atoms with Gasteiger partial charge < -0.3 is 14.9 Å². The zero-order valence-corrected chi connectivity index (χ0v) is 16.1.